The van der Waals surface area contributed by atoms with Crippen LogP contribution < -0.4 is 0 Å². The quantitative estimate of drug-likeness (QED) is 0.202. The second kappa shape index (κ2) is 8.30. The van der Waals surface area contributed by atoms with Crippen LogP contribution >= 0.6 is 0 Å². The summed E-state index contributed by atoms with van der Waals surface area (Å²) in [6.45, 7) is 0. The molecule has 43 heavy (non-hydrogen) atoms. The van der Waals surface area contributed by atoms with Crippen LogP contribution in [0.15, 0.2) is 140 Å². The summed E-state index contributed by atoms with van der Waals surface area (Å²) in [5.74, 6) is 0. The predicted molar refractivity (Wildman–Crippen MR) is 177 cm³/mol. The summed E-state index contributed by atoms with van der Waals surface area (Å²) in [6, 6.07) is 43.6. The zero-order chi connectivity index (χ0) is 28.1. The lowest BCUT2D eigenvalue weighted by Gasteiger charge is -2.11. The van der Waals surface area contributed by atoms with E-state index in [4.69, 9.17) is 9.97 Å². The Labute approximate surface area is 245 Å². The molecule has 0 amide bonds. The topological polar surface area (TPSA) is 40.1 Å². The van der Waals surface area contributed by atoms with Crippen LogP contribution in [-0.4, -0.2) is 23.5 Å². The van der Waals surface area contributed by atoms with Crippen LogP contribution in [-0.2, 0) is 0 Å². The van der Waals surface area contributed by atoms with Gasteiger partial charge in [-0.1, -0.05) is 60.7 Å². The molecule has 200 valence electrons. The Hall–Kier alpha value is -5.94. The molecule has 0 saturated heterocycles. The molecular formula is C38H23N5. The van der Waals surface area contributed by atoms with Crippen molar-refractivity contribution in [2.75, 3.05) is 0 Å². The smallest absolute Gasteiger partial charge is 0.163 e. The number of aromatic nitrogens is 5. The molecule has 10 aromatic rings. The lowest BCUT2D eigenvalue weighted by Crippen LogP contribution is -1.95. The zero-order valence-corrected chi connectivity index (χ0v) is 23.0. The molecule has 5 aromatic heterocycles. The fraction of sp³-hybridized carbons (Fsp3) is 0. The molecule has 10 rings (SSSR count). The van der Waals surface area contributed by atoms with Gasteiger partial charge in [0.15, 0.2) is 5.65 Å². The number of benzene rings is 5. The number of hydrogen-bond acceptors (Lipinski definition) is 2. The average molecular weight is 550 g/mol. The van der Waals surface area contributed by atoms with E-state index < -0.39 is 0 Å². The standard InChI is InChI=1S/C38H23N5/c1-3-10-24(11-4-1)42-30-16-8-7-14-26(30)28-22-34-29(23-33(28)42)36-32(43(34)25-12-5-2-6-13-25)18-17-31-35(36)27-15-9-19-39-37(27)38-40-20-21-41(31)38/h1-23H. The summed E-state index contributed by atoms with van der Waals surface area (Å²) in [7, 11) is 0. The molecule has 0 unspecified atom stereocenters. The van der Waals surface area contributed by atoms with Gasteiger partial charge in [-0.3, -0.25) is 9.38 Å². The molecule has 5 heterocycles. The first-order valence-electron chi connectivity index (χ1n) is 14.5. The molecule has 5 nitrogen and oxygen atoms in total. The molecular weight excluding hydrogens is 526 g/mol. The maximum absolute atomic E-state index is 4.82. The Balaban J connectivity index is 1.50. The van der Waals surface area contributed by atoms with E-state index in [2.05, 4.69) is 129 Å². The molecule has 0 radical (unpaired) electrons. The highest BCUT2D eigenvalue weighted by Crippen LogP contribution is 2.43. The van der Waals surface area contributed by atoms with Gasteiger partial charge in [0.25, 0.3) is 0 Å². The van der Waals surface area contributed by atoms with Crippen LogP contribution in [0.1, 0.15) is 0 Å². The lowest BCUT2D eigenvalue weighted by molar-refractivity contribution is 1.17. The van der Waals surface area contributed by atoms with Gasteiger partial charge < -0.3 is 9.13 Å². The highest BCUT2D eigenvalue weighted by Gasteiger charge is 2.22. The minimum absolute atomic E-state index is 0.876. The third-order valence-corrected chi connectivity index (χ3v) is 8.92. The van der Waals surface area contributed by atoms with E-state index in [1.54, 1.807) is 0 Å². The maximum Gasteiger partial charge on any atom is 0.163 e. The number of para-hydroxylation sites is 3. The number of rotatable bonds is 2. The molecule has 0 saturated carbocycles. The number of imidazole rings is 1. The molecule has 0 spiro atoms. The minimum atomic E-state index is 0.876. The predicted octanol–water partition coefficient (Wildman–Crippen LogP) is 9.23. The van der Waals surface area contributed by atoms with Gasteiger partial charge in [-0.2, -0.15) is 0 Å². The zero-order valence-electron chi connectivity index (χ0n) is 23.0. The largest absolute Gasteiger partial charge is 0.309 e. The number of pyridine rings is 2. The monoisotopic (exact) mass is 549 g/mol. The molecule has 0 aliphatic rings. The van der Waals surface area contributed by atoms with Crippen molar-refractivity contribution < 1.29 is 0 Å². The van der Waals surface area contributed by atoms with E-state index in [0.29, 0.717) is 0 Å². The van der Waals surface area contributed by atoms with E-state index in [-0.39, 0.29) is 0 Å². The van der Waals surface area contributed by atoms with Crippen LogP contribution in [0.25, 0.3) is 82.4 Å². The molecule has 0 atom stereocenters. The Kier molecular flexibility index (Phi) is 4.39. The summed E-state index contributed by atoms with van der Waals surface area (Å²) in [4.78, 5) is 9.52. The highest BCUT2D eigenvalue weighted by molar-refractivity contribution is 6.30. The van der Waals surface area contributed by atoms with Crippen molar-refractivity contribution in [3.63, 3.8) is 0 Å². The van der Waals surface area contributed by atoms with Crippen molar-refractivity contribution >= 4 is 71.1 Å². The average Bonchev–Trinajstić information content (AvgIpc) is 3.77. The number of hydrogen-bond donors (Lipinski definition) is 0. The van der Waals surface area contributed by atoms with Crippen molar-refractivity contribution in [3.8, 4) is 11.4 Å². The van der Waals surface area contributed by atoms with Crippen LogP contribution in [0.3, 0.4) is 0 Å². The van der Waals surface area contributed by atoms with Gasteiger partial charge in [-0.15, -0.1) is 0 Å². The van der Waals surface area contributed by atoms with Gasteiger partial charge >= 0.3 is 0 Å². The number of fused-ring (bicyclic) bond motifs is 13. The van der Waals surface area contributed by atoms with Gasteiger partial charge in [0.05, 0.1) is 27.6 Å². The summed E-state index contributed by atoms with van der Waals surface area (Å²) in [5, 5.41) is 7.20. The Morgan fingerprint density at radius 2 is 1.05 bits per heavy atom. The molecule has 0 fully saturated rings. The SMILES string of the molecule is c1ccc(-n2c3ccccc3c3cc4c(cc32)c2c3c5cccnc5c5nccn5c3ccc2n4-c2ccccc2)cc1. The van der Waals surface area contributed by atoms with Crippen LogP contribution in [0, 0.1) is 0 Å². The summed E-state index contributed by atoms with van der Waals surface area (Å²) < 4.78 is 6.99. The van der Waals surface area contributed by atoms with Gasteiger partial charge in [0.2, 0.25) is 0 Å². The van der Waals surface area contributed by atoms with Crippen molar-refractivity contribution in [2.45, 2.75) is 0 Å². The first-order valence-corrected chi connectivity index (χ1v) is 14.5. The van der Waals surface area contributed by atoms with Crippen molar-refractivity contribution in [1.82, 2.24) is 23.5 Å². The Morgan fingerprint density at radius 1 is 0.419 bits per heavy atom. The Bertz CT molecular complexity index is 2710. The minimum Gasteiger partial charge on any atom is -0.309 e. The summed E-state index contributed by atoms with van der Waals surface area (Å²) in [6.07, 6.45) is 5.76. The lowest BCUT2D eigenvalue weighted by atomic mass is 10.0. The third-order valence-electron chi connectivity index (χ3n) is 8.92. The molecule has 5 aromatic carbocycles. The van der Waals surface area contributed by atoms with Crippen LogP contribution in [0.5, 0.6) is 0 Å². The Morgan fingerprint density at radius 3 is 1.86 bits per heavy atom. The highest BCUT2D eigenvalue weighted by atomic mass is 15.0. The van der Waals surface area contributed by atoms with Crippen molar-refractivity contribution in [2.24, 2.45) is 0 Å². The second-order valence-electron chi connectivity index (χ2n) is 11.1. The molecule has 0 N–H and O–H groups in total. The molecule has 0 bridgehead atoms. The van der Waals surface area contributed by atoms with E-state index in [9.17, 15) is 0 Å². The van der Waals surface area contributed by atoms with E-state index in [1.807, 2.05) is 24.7 Å². The van der Waals surface area contributed by atoms with Gasteiger partial charge in [0.1, 0.15) is 5.52 Å². The van der Waals surface area contributed by atoms with Gasteiger partial charge in [-0.05, 0) is 60.7 Å². The molecule has 0 aliphatic heterocycles. The van der Waals surface area contributed by atoms with Crippen LogP contribution in [0.4, 0.5) is 0 Å². The maximum atomic E-state index is 4.82. The summed E-state index contributed by atoms with van der Waals surface area (Å²) in [5.41, 5.74) is 9.94. The normalized spacial score (nSPS) is 12.2. The first-order chi connectivity index (χ1) is 21.4. The summed E-state index contributed by atoms with van der Waals surface area (Å²) >= 11 is 0. The number of nitrogens with zero attached hydrogens (tertiary/aromatic N) is 5. The van der Waals surface area contributed by atoms with E-state index in [0.717, 1.165) is 33.4 Å². The fourth-order valence-electron chi connectivity index (χ4n) is 7.20. The van der Waals surface area contributed by atoms with Crippen molar-refractivity contribution in [3.05, 3.63) is 140 Å². The van der Waals surface area contributed by atoms with E-state index in [1.165, 1.54) is 49.0 Å². The molecule has 0 aliphatic carbocycles. The first kappa shape index (κ1) is 22.7. The molecule has 5 heteroatoms. The van der Waals surface area contributed by atoms with Gasteiger partial charge in [-0.25, -0.2) is 4.98 Å². The van der Waals surface area contributed by atoms with Crippen molar-refractivity contribution in [1.29, 1.82) is 0 Å². The fourth-order valence-corrected chi connectivity index (χ4v) is 7.20. The van der Waals surface area contributed by atoms with Gasteiger partial charge in [0, 0.05) is 62.3 Å². The second-order valence-corrected chi connectivity index (χ2v) is 11.1. The third kappa shape index (κ3) is 2.95. The van der Waals surface area contributed by atoms with E-state index >= 15 is 0 Å². The van der Waals surface area contributed by atoms with Crippen LogP contribution in [0.2, 0.25) is 0 Å².